The van der Waals surface area contributed by atoms with Crippen molar-refractivity contribution in [2.24, 2.45) is 0 Å². The second-order valence-electron chi connectivity index (χ2n) is 4.35. The molecule has 20 heavy (non-hydrogen) atoms. The molecule has 2 nitrogen and oxygen atoms in total. The highest BCUT2D eigenvalue weighted by atomic mass is 35.5. The van der Waals surface area contributed by atoms with Crippen molar-refractivity contribution < 1.29 is 14.2 Å². The first-order valence-electron chi connectivity index (χ1n) is 6.02. The fourth-order valence-corrected chi connectivity index (χ4v) is 2.31. The summed E-state index contributed by atoms with van der Waals surface area (Å²) in [7, 11) is 0. The van der Waals surface area contributed by atoms with E-state index in [1.165, 1.54) is 18.2 Å². The van der Waals surface area contributed by atoms with Crippen molar-refractivity contribution in [2.45, 2.75) is 19.6 Å². The van der Waals surface area contributed by atoms with Crippen LogP contribution in [0.4, 0.5) is 4.39 Å². The zero-order valence-electron chi connectivity index (χ0n) is 10.7. The Morgan fingerprint density at radius 2 is 1.85 bits per heavy atom. The molecule has 0 radical (unpaired) electrons. The van der Waals surface area contributed by atoms with E-state index >= 15 is 0 Å². The molecular weight excluding hydrogens is 302 g/mol. The third-order valence-electron chi connectivity index (χ3n) is 2.86. The second kappa shape index (κ2) is 6.44. The van der Waals surface area contributed by atoms with Crippen LogP contribution in [0.5, 0.6) is 5.75 Å². The summed E-state index contributed by atoms with van der Waals surface area (Å²) in [5.41, 5.74) is 1.13. The molecule has 2 rings (SSSR count). The summed E-state index contributed by atoms with van der Waals surface area (Å²) in [5.74, 6) is -0.161. The summed E-state index contributed by atoms with van der Waals surface area (Å²) in [4.78, 5) is 0. The van der Waals surface area contributed by atoms with E-state index in [4.69, 9.17) is 27.9 Å². The lowest BCUT2D eigenvalue weighted by Gasteiger charge is -2.14. The predicted octanol–water partition coefficient (Wildman–Crippen LogP) is 4.76. The summed E-state index contributed by atoms with van der Waals surface area (Å²) in [5, 5.41) is 10.6. The van der Waals surface area contributed by atoms with Gasteiger partial charge in [0.05, 0.1) is 6.10 Å². The molecule has 0 saturated heterocycles. The van der Waals surface area contributed by atoms with Gasteiger partial charge in [-0.15, -0.1) is 0 Å². The highest BCUT2D eigenvalue weighted by Crippen LogP contribution is 2.29. The molecule has 0 fully saturated rings. The van der Waals surface area contributed by atoms with Crippen LogP contribution in [0.3, 0.4) is 0 Å². The maximum atomic E-state index is 13.3. The van der Waals surface area contributed by atoms with Crippen molar-refractivity contribution in [1.82, 2.24) is 0 Å². The first-order valence-corrected chi connectivity index (χ1v) is 6.78. The molecule has 0 amide bonds. The van der Waals surface area contributed by atoms with Gasteiger partial charge < -0.3 is 9.84 Å². The minimum Gasteiger partial charge on any atom is -0.488 e. The van der Waals surface area contributed by atoms with Crippen LogP contribution in [0.25, 0.3) is 0 Å². The van der Waals surface area contributed by atoms with Crippen LogP contribution in [0.1, 0.15) is 24.2 Å². The van der Waals surface area contributed by atoms with Crippen molar-refractivity contribution >= 4 is 23.2 Å². The van der Waals surface area contributed by atoms with E-state index in [-0.39, 0.29) is 12.4 Å². The van der Waals surface area contributed by atoms with E-state index in [0.717, 1.165) is 0 Å². The van der Waals surface area contributed by atoms with Crippen LogP contribution >= 0.6 is 23.2 Å². The van der Waals surface area contributed by atoms with Crippen molar-refractivity contribution in [3.8, 4) is 5.75 Å². The lowest BCUT2D eigenvalue weighted by molar-refractivity contribution is 0.190. The van der Waals surface area contributed by atoms with E-state index < -0.39 is 11.9 Å². The average Bonchev–Trinajstić information content (AvgIpc) is 2.37. The zero-order chi connectivity index (χ0) is 14.7. The summed E-state index contributed by atoms with van der Waals surface area (Å²) in [6.07, 6.45) is -0.757. The first-order chi connectivity index (χ1) is 9.49. The molecular formula is C15H13Cl2FO2. The molecule has 0 aliphatic heterocycles. The van der Waals surface area contributed by atoms with Crippen LogP contribution < -0.4 is 4.74 Å². The van der Waals surface area contributed by atoms with Gasteiger partial charge in [-0.2, -0.15) is 0 Å². The molecule has 0 aliphatic carbocycles. The number of ether oxygens (including phenoxy) is 1. The lowest BCUT2D eigenvalue weighted by atomic mass is 10.1. The number of aliphatic hydroxyl groups is 1. The molecule has 0 heterocycles. The summed E-state index contributed by atoms with van der Waals surface area (Å²) in [6, 6.07) is 9.13. The molecule has 0 spiro atoms. The second-order valence-corrected chi connectivity index (χ2v) is 5.16. The topological polar surface area (TPSA) is 29.5 Å². The average molecular weight is 315 g/mol. The first kappa shape index (κ1) is 15.1. The lowest BCUT2D eigenvalue weighted by Crippen LogP contribution is -2.02. The van der Waals surface area contributed by atoms with Gasteiger partial charge in [0.2, 0.25) is 0 Å². The number of rotatable bonds is 4. The van der Waals surface area contributed by atoms with E-state index in [0.29, 0.717) is 21.2 Å². The largest absolute Gasteiger partial charge is 0.488 e. The minimum absolute atomic E-state index is 0.0989. The van der Waals surface area contributed by atoms with E-state index in [9.17, 15) is 9.50 Å². The van der Waals surface area contributed by atoms with Crippen LogP contribution in [-0.4, -0.2) is 5.11 Å². The maximum absolute atomic E-state index is 13.3. The monoisotopic (exact) mass is 314 g/mol. The molecule has 0 aliphatic rings. The van der Waals surface area contributed by atoms with Gasteiger partial charge in [0, 0.05) is 27.2 Å². The Balaban J connectivity index is 2.25. The van der Waals surface area contributed by atoms with Crippen LogP contribution in [0.2, 0.25) is 10.0 Å². The number of halogens is 3. The molecule has 0 aromatic heterocycles. The molecule has 0 bridgehead atoms. The maximum Gasteiger partial charge on any atom is 0.128 e. The van der Waals surface area contributed by atoms with E-state index in [2.05, 4.69) is 0 Å². The fraction of sp³-hybridized carbons (Fsp3) is 0.200. The van der Waals surface area contributed by atoms with E-state index in [1.807, 2.05) is 0 Å². The third-order valence-corrected chi connectivity index (χ3v) is 3.57. The van der Waals surface area contributed by atoms with Crippen LogP contribution in [0.15, 0.2) is 36.4 Å². The minimum atomic E-state index is -0.757. The predicted molar refractivity (Wildman–Crippen MR) is 77.8 cm³/mol. The standard InChI is InChI=1S/C15H13Cl2FO2/c1-9(19)11-6-5-10(18)7-15(11)20-8-12-13(16)3-2-4-14(12)17/h2-7,9,19H,8H2,1H3/t9-/m1/s1. The van der Waals surface area contributed by atoms with E-state index in [1.54, 1.807) is 25.1 Å². The molecule has 1 atom stereocenters. The van der Waals surface area contributed by atoms with Crippen LogP contribution in [-0.2, 0) is 6.61 Å². The van der Waals surface area contributed by atoms with Gasteiger partial charge in [0.25, 0.3) is 0 Å². The molecule has 0 unspecified atom stereocenters. The Labute approximate surface area is 126 Å². The summed E-state index contributed by atoms with van der Waals surface area (Å²) in [6.45, 7) is 1.68. The Hall–Kier alpha value is -1.29. The van der Waals surface area contributed by atoms with Gasteiger partial charge in [0.15, 0.2) is 0 Å². The smallest absolute Gasteiger partial charge is 0.128 e. The molecule has 2 aromatic rings. The van der Waals surface area contributed by atoms with Gasteiger partial charge >= 0.3 is 0 Å². The molecule has 2 aromatic carbocycles. The number of aliphatic hydroxyl groups excluding tert-OH is 1. The Bertz CT molecular complexity index is 595. The van der Waals surface area contributed by atoms with Crippen molar-refractivity contribution in [2.75, 3.05) is 0 Å². The Morgan fingerprint density at radius 3 is 2.45 bits per heavy atom. The number of benzene rings is 2. The Morgan fingerprint density at radius 1 is 1.20 bits per heavy atom. The van der Waals surface area contributed by atoms with Crippen LogP contribution in [0, 0.1) is 5.82 Å². The van der Waals surface area contributed by atoms with Gasteiger partial charge in [-0.1, -0.05) is 29.3 Å². The van der Waals surface area contributed by atoms with Gasteiger partial charge in [0.1, 0.15) is 18.2 Å². The molecule has 0 saturated carbocycles. The van der Waals surface area contributed by atoms with Crippen molar-refractivity contribution in [1.29, 1.82) is 0 Å². The van der Waals surface area contributed by atoms with Crippen molar-refractivity contribution in [3.05, 3.63) is 63.4 Å². The summed E-state index contributed by atoms with van der Waals surface area (Å²) >= 11 is 12.1. The SMILES string of the molecule is C[C@@H](O)c1ccc(F)cc1OCc1c(Cl)cccc1Cl. The van der Waals surface area contributed by atoms with Gasteiger partial charge in [-0.3, -0.25) is 0 Å². The Kier molecular flexibility index (Phi) is 4.86. The van der Waals surface area contributed by atoms with Gasteiger partial charge in [-0.25, -0.2) is 4.39 Å². The molecule has 5 heteroatoms. The highest BCUT2D eigenvalue weighted by molar-refractivity contribution is 6.35. The summed E-state index contributed by atoms with van der Waals surface area (Å²) < 4.78 is 18.8. The molecule has 1 N–H and O–H groups in total. The zero-order valence-corrected chi connectivity index (χ0v) is 12.2. The number of hydrogen-bond acceptors (Lipinski definition) is 2. The quantitative estimate of drug-likeness (QED) is 0.881. The number of hydrogen-bond donors (Lipinski definition) is 1. The fourth-order valence-electron chi connectivity index (χ4n) is 1.80. The van der Waals surface area contributed by atoms with Gasteiger partial charge in [-0.05, 0) is 31.2 Å². The normalized spacial score (nSPS) is 12.2. The molecule has 106 valence electrons. The highest BCUT2D eigenvalue weighted by Gasteiger charge is 2.12. The van der Waals surface area contributed by atoms with Crippen molar-refractivity contribution in [3.63, 3.8) is 0 Å². The third kappa shape index (κ3) is 3.42.